The van der Waals surface area contributed by atoms with Crippen molar-refractivity contribution in [3.05, 3.63) is 65.2 Å². The van der Waals surface area contributed by atoms with Crippen LogP contribution in [0.15, 0.2) is 48.5 Å². The van der Waals surface area contributed by atoms with E-state index in [1.807, 2.05) is 62.4 Å². The van der Waals surface area contributed by atoms with Gasteiger partial charge >= 0.3 is 0 Å². The first kappa shape index (κ1) is 14.1. The van der Waals surface area contributed by atoms with Gasteiger partial charge in [0.1, 0.15) is 5.75 Å². The van der Waals surface area contributed by atoms with E-state index in [2.05, 4.69) is 5.32 Å². The first-order valence-corrected chi connectivity index (χ1v) is 6.61. The number of rotatable bonds is 4. The summed E-state index contributed by atoms with van der Waals surface area (Å²) in [4.78, 5) is 12.2. The maximum Gasteiger partial charge on any atom is 0.251 e. The summed E-state index contributed by atoms with van der Waals surface area (Å²) in [6.45, 7) is 3.94. The molecule has 0 aliphatic rings. The molecule has 104 valence electrons. The van der Waals surface area contributed by atoms with Crippen molar-refractivity contribution in [2.75, 3.05) is 7.11 Å². The second kappa shape index (κ2) is 6.24. The normalized spacial score (nSPS) is 11.8. The zero-order chi connectivity index (χ0) is 14.5. The molecule has 0 bridgehead atoms. The molecule has 2 aromatic carbocycles. The van der Waals surface area contributed by atoms with Crippen LogP contribution in [0.25, 0.3) is 0 Å². The molecule has 0 heterocycles. The number of benzene rings is 2. The summed E-state index contributed by atoms with van der Waals surface area (Å²) in [6.07, 6.45) is 0. The molecule has 0 aromatic heterocycles. The monoisotopic (exact) mass is 269 g/mol. The van der Waals surface area contributed by atoms with E-state index < -0.39 is 0 Å². The van der Waals surface area contributed by atoms with Crippen molar-refractivity contribution >= 4 is 5.91 Å². The van der Waals surface area contributed by atoms with Gasteiger partial charge in [-0.1, -0.05) is 29.8 Å². The van der Waals surface area contributed by atoms with Crippen LogP contribution in [-0.2, 0) is 0 Å². The highest BCUT2D eigenvalue weighted by Gasteiger charge is 2.11. The van der Waals surface area contributed by atoms with Crippen LogP contribution >= 0.6 is 0 Å². The molecule has 20 heavy (non-hydrogen) atoms. The molecular weight excluding hydrogens is 250 g/mol. The molecule has 2 rings (SSSR count). The summed E-state index contributed by atoms with van der Waals surface area (Å²) in [5.41, 5.74) is 2.77. The molecule has 1 amide bonds. The summed E-state index contributed by atoms with van der Waals surface area (Å²) in [5.74, 6) is 0.725. The Morgan fingerprint density at radius 1 is 1.15 bits per heavy atom. The Balaban J connectivity index is 2.10. The maximum atomic E-state index is 12.2. The van der Waals surface area contributed by atoms with Crippen LogP contribution < -0.4 is 10.1 Å². The van der Waals surface area contributed by atoms with Crippen LogP contribution in [0.5, 0.6) is 5.75 Å². The van der Waals surface area contributed by atoms with Gasteiger partial charge in [0.05, 0.1) is 13.2 Å². The Labute approximate surface area is 119 Å². The smallest absolute Gasteiger partial charge is 0.251 e. The largest absolute Gasteiger partial charge is 0.497 e. The van der Waals surface area contributed by atoms with Crippen molar-refractivity contribution < 1.29 is 9.53 Å². The number of carbonyl (C=O) groups excluding carboxylic acids is 1. The van der Waals surface area contributed by atoms with Crippen molar-refractivity contribution in [1.82, 2.24) is 5.32 Å². The number of methoxy groups -OCH3 is 1. The van der Waals surface area contributed by atoms with Crippen LogP contribution in [0.2, 0.25) is 0 Å². The highest BCUT2D eigenvalue weighted by molar-refractivity contribution is 5.94. The fourth-order valence-electron chi connectivity index (χ4n) is 2.06. The molecule has 0 spiro atoms. The van der Waals surface area contributed by atoms with E-state index in [1.54, 1.807) is 7.11 Å². The predicted molar refractivity (Wildman–Crippen MR) is 80.1 cm³/mol. The lowest BCUT2D eigenvalue weighted by Gasteiger charge is -2.15. The van der Waals surface area contributed by atoms with E-state index in [4.69, 9.17) is 4.74 Å². The lowest BCUT2D eigenvalue weighted by Crippen LogP contribution is -2.26. The third-order valence-corrected chi connectivity index (χ3v) is 3.22. The number of hydrogen-bond acceptors (Lipinski definition) is 2. The van der Waals surface area contributed by atoms with Gasteiger partial charge < -0.3 is 10.1 Å². The van der Waals surface area contributed by atoms with Gasteiger partial charge in [-0.15, -0.1) is 0 Å². The van der Waals surface area contributed by atoms with Crippen molar-refractivity contribution in [2.24, 2.45) is 0 Å². The van der Waals surface area contributed by atoms with Crippen LogP contribution in [-0.4, -0.2) is 13.0 Å². The third-order valence-electron chi connectivity index (χ3n) is 3.22. The quantitative estimate of drug-likeness (QED) is 0.922. The van der Waals surface area contributed by atoms with Crippen molar-refractivity contribution in [3.63, 3.8) is 0 Å². The molecule has 2 aromatic rings. The Bertz CT molecular complexity index is 607. The molecule has 1 atom stereocenters. The Kier molecular flexibility index (Phi) is 4.41. The zero-order valence-electron chi connectivity index (χ0n) is 12.0. The highest BCUT2D eigenvalue weighted by Crippen LogP contribution is 2.19. The molecular formula is C17H19NO2. The van der Waals surface area contributed by atoms with Gasteiger partial charge in [0.2, 0.25) is 0 Å². The molecule has 0 aliphatic carbocycles. The minimum absolute atomic E-state index is 0.0657. The molecule has 1 N–H and O–H groups in total. The first-order chi connectivity index (χ1) is 9.60. The standard InChI is InChI=1S/C17H19NO2/c1-12-6-4-8-15(10-12)17(19)18-13(2)14-7-5-9-16(11-14)20-3/h4-11,13H,1-3H3,(H,18,19)/t13-/m0/s1. The van der Waals surface area contributed by atoms with E-state index in [1.165, 1.54) is 0 Å². The van der Waals surface area contributed by atoms with Crippen molar-refractivity contribution in [1.29, 1.82) is 0 Å². The lowest BCUT2D eigenvalue weighted by atomic mass is 10.1. The summed E-state index contributed by atoms with van der Waals surface area (Å²) in [7, 11) is 1.63. The minimum Gasteiger partial charge on any atom is -0.497 e. The van der Waals surface area contributed by atoms with Gasteiger partial charge in [-0.3, -0.25) is 4.79 Å². The molecule has 0 saturated carbocycles. The Morgan fingerprint density at radius 3 is 2.60 bits per heavy atom. The van der Waals surface area contributed by atoms with Gasteiger partial charge in [0.15, 0.2) is 0 Å². The number of nitrogens with one attached hydrogen (secondary N) is 1. The fourth-order valence-corrected chi connectivity index (χ4v) is 2.06. The van der Waals surface area contributed by atoms with Crippen LogP contribution in [0.4, 0.5) is 0 Å². The van der Waals surface area contributed by atoms with Crippen LogP contribution in [0.3, 0.4) is 0 Å². The van der Waals surface area contributed by atoms with E-state index in [-0.39, 0.29) is 11.9 Å². The Hall–Kier alpha value is -2.29. The number of aryl methyl sites for hydroxylation is 1. The molecule has 3 nitrogen and oxygen atoms in total. The maximum absolute atomic E-state index is 12.2. The molecule has 0 radical (unpaired) electrons. The van der Waals surface area contributed by atoms with Gasteiger partial charge in [-0.2, -0.15) is 0 Å². The van der Waals surface area contributed by atoms with Gasteiger partial charge in [0.25, 0.3) is 5.91 Å². The number of amides is 1. The molecule has 0 aliphatic heterocycles. The predicted octanol–water partition coefficient (Wildman–Crippen LogP) is 3.49. The van der Waals surface area contributed by atoms with Crippen LogP contribution in [0, 0.1) is 6.92 Å². The van der Waals surface area contributed by atoms with E-state index in [0.29, 0.717) is 5.56 Å². The lowest BCUT2D eigenvalue weighted by molar-refractivity contribution is 0.0939. The van der Waals surface area contributed by atoms with Crippen LogP contribution in [0.1, 0.15) is 34.5 Å². The first-order valence-electron chi connectivity index (χ1n) is 6.61. The van der Waals surface area contributed by atoms with Gasteiger partial charge in [-0.25, -0.2) is 0 Å². The molecule has 0 fully saturated rings. The van der Waals surface area contributed by atoms with E-state index in [0.717, 1.165) is 16.9 Å². The topological polar surface area (TPSA) is 38.3 Å². The molecule has 3 heteroatoms. The SMILES string of the molecule is COc1cccc([C@H](C)NC(=O)c2cccc(C)c2)c1. The van der Waals surface area contributed by atoms with E-state index in [9.17, 15) is 4.79 Å². The summed E-state index contributed by atoms with van der Waals surface area (Å²) >= 11 is 0. The molecule has 0 saturated heterocycles. The van der Waals surface area contributed by atoms with E-state index >= 15 is 0 Å². The number of hydrogen-bond donors (Lipinski definition) is 1. The van der Waals surface area contributed by atoms with Crippen molar-refractivity contribution in [2.45, 2.75) is 19.9 Å². The zero-order valence-corrected chi connectivity index (χ0v) is 12.0. The summed E-state index contributed by atoms with van der Waals surface area (Å²) < 4.78 is 5.20. The molecule has 0 unspecified atom stereocenters. The van der Waals surface area contributed by atoms with Gasteiger partial charge in [0, 0.05) is 5.56 Å². The number of ether oxygens (including phenoxy) is 1. The third kappa shape index (κ3) is 3.38. The van der Waals surface area contributed by atoms with Gasteiger partial charge in [-0.05, 0) is 43.7 Å². The Morgan fingerprint density at radius 2 is 1.90 bits per heavy atom. The number of carbonyl (C=O) groups is 1. The second-order valence-electron chi connectivity index (χ2n) is 4.84. The summed E-state index contributed by atoms with van der Waals surface area (Å²) in [6, 6.07) is 15.2. The average molecular weight is 269 g/mol. The van der Waals surface area contributed by atoms with Crippen molar-refractivity contribution in [3.8, 4) is 5.75 Å². The average Bonchev–Trinajstić information content (AvgIpc) is 2.47. The summed E-state index contributed by atoms with van der Waals surface area (Å²) in [5, 5.41) is 3.00. The minimum atomic E-state index is -0.0712. The highest BCUT2D eigenvalue weighted by atomic mass is 16.5. The fraction of sp³-hybridized carbons (Fsp3) is 0.235. The second-order valence-corrected chi connectivity index (χ2v) is 4.84.